The van der Waals surface area contributed by atoms with Gasteiger partial charge in [0.1, 0.15) is 6.04 Å². The Morgan fingerprint density at radius 3 is 2.43 bits per heavy atom. The van der Waals surface area contributed by atoms with Gasteiger partial charge in [-0.3, -0.25) is 4.79 Å². The molecule has 5 heteroatoms. The van der Waals surface area contributed by atoms with Crippen LogP contribution in [-0.2, 0) is 9.59 Å². The first kappa shape index (κ1) is 16.3. The first-order valence-corrected chi connectivity index (χ1v) is 8.08. The number of hydrogen-bond acceptors (Lipinski definition) is 3. The molecule has 1 heterocycles. The maximum absolute atomic E-state index is 12.4. The van der Waals surface area contributed by atoms with Crippen LogP contribution < -0.4 is 10.6 Å². The van der Waals surface area contributed by atoms with Crippen molar-refractivity contribution in [3.63, 3.8) is 0 Å². The minimum absolute atomic E-state index is 0.165. The van der Waals surface area contributed by atoms with Gasteiger partial charge in [0.15, 0.2) is 0 Å². The van der Waals surface area contributed by atoms with Crippen molar-refractivity contribution in [2.24, 2.45) is 11.3 Å². The highest BCUT2D eigenvalue weighted by Crippen LogP contribution is 2.32. The predicted molar refractivity (Wildman–Crippen MR) is 80.9 cm³/mol. The van der Waals surface area contributed by atoms with Crippen LogP contribution in [0.3, 0.4) is 0 Å². The molecule has 3 N–H and O–H groups in total. The van der Waals surface area contributed by atoms with Crippen molar-refractivity contribution in [2.75, 3.05) is 0 Å². The topological polar surface area (TPSA) is 78.4 Å². The Bertz CT molecular complexity index is 403. The molecule has 4 atom stereocenters. The molecule has 0 aromatic heterocycles. The zero-order chi connectivity index (χ0) is 15.6. The van der Waals surface area contributed by atoms with Crippen LogP contribution in [0, 0.1) is 11.3 Å². The second kappa shape index (κ2) is 6.34. The van der Waals surface area contributed by atoms with E-state index in [1.165, 1.54) is 19.3 Å². The summed E-state index contributed by atoms with van der Waals surface area (Å²) in [7, 11) is 0. The van der Waals surface area contributed by atoms with E-state index in [1.807, 2.05) is 20.8 Å². The lowest BCUT2D eigenvalue weighted by Gasteiger charge is -2.40. The normalized spacial score (nSPS) is 31.1. The van der Waals surface area contributed by atoms with Crippen molar-refractivity contribution < 1.29 is 14.7 Å². The first-order valence-electron chi connectivity index (χ1n) is 8.08. The fourth-order valence-electron chi connectivity index (χ4n) is 3.59. The highest BCUT2D eigenvalue weighted by atomic mass is 16.4. The fourth-order valence-corrected chi connectivity index (χ4v) is 3.59. The van der Waals surface area contributed by atoms with Crippen LogP contribution in [0.1, 0.15) is 59.3 Å². The number of carboxylic acids is 1. The molecule has 5 nitrogen and oxygen atoms in total. The smallest absolute Gasteiger partial charge is 0.326 e. The van der Waals surface area contributed by atoms with Crippen LogP contribution in [0.2, 0.25) is 0 Å². The highest BCUT2D eigenvalue weighted by Gasteiger charge is 2.38. The molecule has 2 rings (SSSR count). The number of nitrogens with one attached hydrogen (secondary N) is 2. The zero-order valence-corrected chi connectivity index (χ0v) is 13.3. The third kappa shape index (κ3) is 3.96. The lowest BCUT2D eigenvalue weighted by atomic mass is 9.77. The number of rotatable bonds is 3. The molecule has 1 aliphatic heterocycles. The molecule has 1 amide bonds. The number of carbonyl (C=O) groups excluding carboxylic acids is 1. The lowest BCUT2D eigenvalue weighted by molar-refractivity contribution is -0.145. The van der Waals surface area contributed by atoms with E-state index in [0.717, 1.165) is 19.3 Å². The van der Waals surface area contributed by atoms with Crippen LogP contribution in [0.15, 0.2) is 0 Å². The second-order valence-corrected chi connectivity index (χ2v) is 7.59. The van der Waals surface area contributed by atoms with Gasteiger partial charge in [0.25, 0.3) is 0 Å². The number of hydrogen-bond donors (Lipinski definition) is 3. The van der Waals surface area contributed by atoms with E-state index < -0.39 is 17.4 Å². The minimum Gasteiger partial charge on any atom is -0.480 e. The molecule has 2 aliphatic rings. The summed E-state index contributed by atoms with van der Waals surface area (Å²) in [6, 6.07) is -0.661. The van der Waals surface area contributed by atoms with Crippen LogP contribution >= 0.6 is 0 Å². The van der Waals surface area contributed by atoms with Crippen molar-refractivity contribution in [2.45, 2.75) is 77.4 Å². The summed E-state index contributed by atoms with van der Waals surface area (Å²) in [5.74, 6) is -0.441. The van der Waals surface area contributed by atoms with Crippen LogP contribution in [0.25, 0.3) is 0 Å². The van der Waals surface area contributed by atoms with Crippen molar-refractivity contribution in [3.8, 4) is 0 Å². The van der Waals surface area contributed by atoms with Crippen molar-refractivity contribution in [1.29, 1.82) is 0 Å². The summed E-state index contributed by atoms with van der Waals surface area (Å²) < 4.78 is 0. The van der Waals surface area contributed by atoms with Gasteiger partial charge >= 0.3 is 5.97 Å². The number of carbonyl (C=O) groups is 2. The van der Waals surface area contributed by atoms with Gasteiger partial charge in [-0.15, -0.1) is 0 Å². The molecular formula is C16H28N2O3. The van der Waals surface area contributed by atoms with Gasteiger partial charge in [0.2, 0.25) is 5.91 Å². The minimum atomic E-state index is -0.970. The van der Waals surface area contributed by atoms with Gasteiger partial charge in [-0.2, -0.15) is 0 Å². The molecular weight excluding hydrogens is 268 g/mol. The van der Waals surface area contributed by atoms with E-state index >= 15 is 0 Å². The van der Waals surface area contributed by atoms with Gasteiger partial charge in [-0.1, -0.05) is 33.6 Å². The molecule has 0 bridgehead atoms. The van der Waals surface area contributed by atoms with Crippen LogP contribution in [0.4, 0.5) is 0 Å². The molecule has 0 aromatic carbocycles. The van der Waals surface area contributed by atoms with Crippen molar-refractivity contribution in [3.05, 3.63) is 0 Å². The first-order chi connectivity index (χ1) is 9.79. The van der Waals surface area contributed by atoms with E-state index in [2.05, 4.69) is 10.6 Å². The SMILES string of the molecule is CC(C)(C)C(NC(=O)C1CCC2CCCCC2N1)C(=O)O. The summed E-state index contributed by atoms with van der Waals surface area (Å²) in [4.78, 5) is 23.8. The van der Waals surface area contributed by atoms with E-state index in [-0.39, 0.29) is 11.9 Å². The van der Waals surface area contributed by atoms with Gasteiger partial charge in [-0.25, -0.2) is 4.79 Å². The number of piperidine rings is 1. The van der Waals surface area contributed by atoms with Crippen molar-refractivity contribution in [1.82, 2.24) is 10.6 Å². The molecule has 0 aromatic rings. The average molecular weight is 296 g/mol. The van der Waals surface area contributed by atoms with E-state index in [1.54, 1.807) is 0 Å². The monoisotopic (exact) mass is 296 g/mol. The Morgan fingerprint density at radius 2 is 1.81 bits per heavy atom. The van der Waals surface area contributed by atoms with E-state index in [9.17, 15) is 14.7 Å². The Morgan fingerprint density at radius 1 is 1.14 bits per heavy atom. The molecule has 2 fully saturated rings. The summed E-state index contributed by atoms with van der Waals surface area (Å²) in [5, 5.41) is 15.5. The molecule has 1 saturated heterocycles. The number of fused-ring (bicyclic) bond motifs is 1. The highest BCUT2D eigenvalue weighted by molar-refractivity contribution is 5.87. The summed E-state index contributed by atoms with van der Waals surface area (Å²) >= 11 is 0. The molecule has 120 valence electrons. The molecule has 1 aliphatic carbocycles. The van der Waals surface area contributed by atoms with Gasteiger partial charge in [0, 0.05) is 6.04 Å². The largest absolute Gasteiger partial charge is 0.480 e. The van der Waals surface area contributed by atoms with E-state index in [0.29, 0.717) is 12.0 Å². The summed E-state index contributed by atoms with van der Waals surface area (Å²) in [5.41, 5.74) is -0.496. The lowest BCUT2D eigenvalue weighted by Crippen LogP contribution is -2.59. The maximum Gasteiger partial charge on any atom is 0.326 e. The Balaban J connectivity index is 1.95. The molecule has 4 unspecified atom stereocenters. The third-order valence-electron chi connectivity index (χ3n) is 4.87. The molecule has 0 radical (unpaired) electrons. The predicted octanol–water partition coefficient (Wildman–Crippen LogP) is 1.91. The Hall–Kier alpha value is -1.10. The number of amides is 1. The second-order valence-electron chi connectivity index (χ2n) is 7.59. The quantitative estimate of drug-likeness (QED) is 0.743. The molecule has 21 heavy (non-hydrogen) atoms. The molecule has 0 spiro atoms. The summed E-state index contributed by atoms with van der Waals surface area (Å²) in [6.07, 6.45) is 6.79. The maximum atomic E-state index is 12.4. The number of aliphatic carboxylic acids is 1. The third-order valence-corrected chi connectivity index (χ3v) is 4.87. The van der Waals surface area contributed by atoms with Gasteiger partial charge < -0.3 is 15.7 Å². The standard InChI is InChI=1S/C16H28N2O3/c1-16(2,3)13(15(20)21)18-14(19)12-9-8-10-6-4-5-7-11(10)17-12/h10-13,17H,4-9H2,1-3H3,(H,18,19)(H,20,21). The molecule has 1 saturated carbocycles. The van der Waals surface area contributed by atoms with Crippen molar-refractivity contribution >= 4 is 11.9 Å². The zero-order valence-electron chi connectivity index (χ0n) is 13.3. The van der Waals surface area contributed by atoms with Gasteiger partial charge in [-0.05, 0) is 37.0 Å². The summed E-state index contributed by atoms with van der Waals surface area (Å²) in [6.45, 7) is 5.49. The average Bonchev–Trinajstić information content (AvgIpc) is 2.42. The van der Waals surface area contributed by atoms with Crippen LogP contribution in [-0.4, -0.2) is 35.1 Å². The van der Waals surface area contributed by atoms with Gasteiger partial charge in [0.05, 0.1) is 6.04 Å². The van der Waals surface area contributed by atoms with Crippen LogP contribution in [0.5, 0.6) is 0 Å². The van der Waals surface area contributed by atoms with E-state index in [4.69, 9.17) is 0 Å². The Kier molecular flexibility index (Phi) is 4.91. The fraction of sp³-hybridized carbons (Fsp3) is 0.875. The Labute approximate surface area is 126 Å². The number of carboxylic acid groups (broad SMARTS) is 1.